The average Bonchev–Trinajstić information content (AvgIpc) is 2.31. The van der Waals surface area contributed by atoms with Crippen LogP contribution in [-0.4, -0.2) is 22.7 Å². The number of nitrogens with two attached hydrogens (primary N) is 1. The number of Topliss-reactive ketones (excluding diaryl/α,β-unsaturated/α-hetero) is 1. The van der Waals surface area contributed by atoms with Crippen molar-refractivity contribution in [3.63, 3.8) is 0 Å². The van der Waals surface area contributed by atoms with Crippen molar-refractivity contribution in [3.05, 3.63) is 0 Å². The predicted octanol–water partition coefficient (Wildman–Crippen LogP) is 0.327. The molecule has 11 heavy (non-hydrogen) atoms. The first-order valence-electron chi connectivity index (χ1n) is 3.60. The number of ketones is 1. The van der Waals surface area contributed by atoms with Crippen LogP contribution in [-0.2, 0) is 9.59 Å². The number of hydrogen-bond acceptors (Lipinski definition) is 3. The van der Waals surface area contributed by atoms with E-state index in [4.69, 9.17) is 5.73 Å². The lowest BCUT2D eigenvalue weighted by molar-refractivity contribution is -0.117. The first-order chi connectivity index (χ1) is 5.18. The second kappa shape index (κ2) is 3.76. The molecule has 1 saturated carbocycles. The maximum Gasteiger partial charge on any atom is 0.227 e. The van der Waals surface area contributed by atoms with Crippen molar-refractivity contribution in [3.8, 4) is 0 Å². The molecule has 1 amide bonds. The number of amides is 1. The molecule has 62 valence electrons. The van der Waals surface area contributed by atoms with E-state index in [-0.39, 0.29) is 5.91 Å². The summed E-state index contributed by atoms with van der Waals surface area (Å²) < 4.78 is 0. The van der Waals surface area contributed by atoms with Gasteiger partial charge in [0.1, 0.15) is 5.78 Å². The smallest absolute Gasteiger partial charge is 0.227 e. The van der Waals surface area contributed by atoms with Crippen LogP contribution < -0.4 is 5.73 Å². The van der Waals surface area contributed by atoms with Crippen LogP contribution in [0.5, 0.6) is 0 Å². The molecule has 1 atom stereocenters. The van der Waals surface area contributed by atoms with Crippen molar-refractivity contribution in [2.24, 2.45) is 5.73 Å². The molecule has 2 N–H and O–H groups in total. The summed E-state index contributed by atoms with van der Waals surface area (Å²) in [4.78, 5) is 21.1. The van der Waals surface area contributed by atoms with Crippen molar-refractivity contribution in [2.75, 3.05) is 5.75 Å². The third-order valence-corrected chi connectivity index (χ3v) is 2.99. The van der Waals surface area contributed by atoms with Gasteiger partial charge >= 0.3 is 0 Å². The normalized spacial score (nSPS) is 24.0. The fraction of sp³-hybridized carbons (Fsp3) is 0.714. The predicted molar refractivity (Wildman–Crippen MR) is 44.3 cm³/mol. The van der Waals surface area contributed by atoms with Crippen LogP contribution in [0.2, 0.25) is 0 Å². The molecular weight excluding hydrogens is 162 g/mol. The van der Waals surface area contributed by atoms with E-state index in [2.05, 4.69) is 0 Å². The maximum absolute atomic E-state index is 10.8. The summed E-state index contributed by atoms with van der Waals surface area (Å²) in [5.41, 5.74) is 4.96. The Balaban J connectivity index is 2.18. The zero-order valence-electron chi connectivity index (χ0n) is 6.21. The van der Waals surface area contributed by atoms with Gasteiger partial charge in [0.15, 0.2) is 0 Å². The fourth-order valence-corrected chi connectivity index (χ4v) is 2.11. The Kier molecular flexibility index (Phi) is 2.93. The molecule has 0 radical (unpaired) electrons. The molecule has 0 aliphatic heterocycles. The van der Waals surface area contributed by atoms with E-state index in [1.807, 2.05) is 0 Å². The van der Waals surface area contributed by atoms with Gasteiger partial charge in [-0.1, -0.05) is 0 Å². The average molecular weight is 173 g/mol. The minimum atomic E-state index is -0.297. The Morgan fingerprint density at radius 3 is 2.91 bits per heavy atom. The zero-order valence-corrected chi connectivity index (χ0v) is 7.02. The molecule has 1 aliphatic rings. The molecule has 0 heterocycles. The summed E-state index contributed by atoms with van der Waals surface area (Å²) in [6.45, 7) is 0. The van der Waals surface area contributed by atoms with Crippen molar-refractivity contribution in [1.82, 2.24) is 0 Å². The highest BCUT2D eigenvalue weighted by Gasteiger charge is 2.22. The van der Waals surface area contributed by atoms with Crippen molar-refractivity contribution >= 4 is 23.5 Å². The molecule has 3 nitrogen and oxygen atoms in total. The lowest BCUT2D eigenvalue weighted by atomic mass is 10.4. The molecular formula is C7H11NO2S. The van der Waals surface area contributed by atoms with Crippen molar-refractivity contribution < 1.29 is 9.59 Å². The summed E-state index contributed by atoms with van der Waals surface area (Å²) in [6, 6.07) is 0. The monoisotopic (exact) mass is 173 g/mol. The maximum atomic E-state index is 10.8. The molecule has 0 saturated heterocycles. The lowest BCUT2D eigenvalue weighted by Gasteiger charge is -2.03. The van der Waals surface area contributed by atoms with Gasteiger partial charge in [-0.15, -0.1) is 11.8 Å². The van der Waals surface area contributed by atoms with Crippen molar-refractivity contribution in [1.29, 1.82) is 0 Å². The standard InChI is InChI=1S/C7H11NO2S/c8-7(10)4-11-6-2-1-5(9)3-6/h6H,1-4H2,(H2,8,10). The molecule has 1 fully saturated rings. The molecule has 4 heteroatoms. The molecule has 1 rings (SSSR count). The molecule has 0 spiro atoms. The SMILES string of the molecule is NC(=O)CSC1CCC(=O)C1. The van der Waals surface area contributed by atoms with Crippen LogP contribution in [0.3, 0.4) is 0 Å². The third kappa shape index (κ3) is 2.93. The highest BCUT2D eigenvalue weighted by Crippen LogP contribution is 2.26. The lowest BCUT2D eigenvalue weighted by Crippen LogP contribution is -2.15. The van der Waals surface area contributed by atoms with E-state index in [1.165, 1.54) is 11.8 Å². The second-order valence-corrected chi connectivity index (χ2v) is 3.97. The summed E-state index contributed by atoms with van der Waals surface area (Å²) in [6.07, 6.45) is 2.21. The number of rotatable bonds is 3. The summed E-state index contributed by atoms with van der Waals surface area (Å²) in [7, 11) is 0. The summed E-state index contributed by atoms with van der Waals surface area (Å²) >= 11 is 1.50. The van der Waals surface area contributed by atoms with E-state index in [0.717, 1.165) is 6.42 Å². The van der Waals surface area contributed by atoms with E-state index < -0.39 is 0 Å². The molecule has 1 unspecified atom stereocenters. The molecule has 0 aromatic carbocycles. The van der Waals surface area contributed by atoms with Gasteiger partial charge in [0.05, 0.1) is 5.75 Å². The van der Waals surface area contributed by atoms with Crippen LogP contribution in [0, 0.1) is 0 Å². The van der Waals surface area contributed by atoms with Gasteiger partial charge in [0, 0.05) is 18.1 Å². The minimum Gasteiger partial charge on any atom is -0.369 e. The molecule has 0 bridgehead atoms. The summed E-state index contributed by atoms with van der Waals surface area (Å²) in [5, 5.41) is 0.343. The van der Waals surface area contributed by atoms with E-state index in [1.54, 1.807) is 0 Å². The van der Waals surface area contributed by atoms with Gasteiger partial charge in [-0.2, -0.15) is 0 Å². The van der Waals surface area contributed by atoms with Gasteiger partial charge in [-0.3, -0.25) is 9.59 Å². The van der Waals surface area contributed by atoms with Crippen molar-refractivity contribution in [2.45, 2.75) is 24.5 Å². The van der Waals surface area contributed by atoms with Gasteiger partial charge in [0.2, 0.25) is 5.91 Å². The van der Waals surface area contributed by atoms with Crippen LogP contribution in [0.4, 0.5) is 0 Å². The number of primary amides is 1. The Bertz CT molecular complexity index is 181. The van der Waals surface area contributed by atoms with Gasteiger partial charge in [0.25, 0.3) is 0 Å². The zero-order chi connectivity index (χ0) is 8.27. The van der Waals surface area contributed by atoms with Crippen LogP contribution in [0.25, 0.3) is 0 Å². The molecule has 0 aromatic rings. The topological polar surface area (TPSA) is 60.2 Å². The number of carbonyl (C=O) groups excluding carboxylic acids is 2. The highest BCUT2D eigenvalue weighted by atomic mass is 32.2. The van der Waals surface area contributed by atoms with Crippen LogP contribution in [0.1, 0.15) is 19.3 Å². The molecule has 1 aliphatic carbocycles. The second-order valence-electron chi connectivity index (χ2n) is 2.68. The first-order valence-corrected chi connectivity index (χ1v) is 4.65. The Labute approximate surface area is 69.7 Å². The minimum absolute atomic E-state index is 0.297. The number of carbonyl (C=O) groups is 2. The van der Waals surface area contributed by atoms with Crippen LogP contribution in [0.15, 0.2) is 0 Å². The van der Waals surface area contributed by atoms with E-state index >= 15 is 0 Å². The number of hydrogen-bond donors (Lipinski definition) is 1. The Morgan fingerprint density at radius 2 is 2.45 bits per heavy atom. The molecule has 0 aromatic heterocycles. The summed E-state index contributed by atoms with van der Waals surface area (Å²) in [5.74, 6) is 0.360. The highest BCUT2D eigenvalue weighted by molar-refractivity contribution is 8.00. The number of thioether (sulfide) groups is 1. The largest absolute Gasteiger partial charge is 0.369 e. The van der Waals surface area contributed by atoms with Gasteiger partial charge in [-0.25, -0.2) is 0 Å². The van der Waals surface area contributed by atoms with Gasteiger partial charge < -0.3 is 5.73 Å². The first kappa shape index (κ1) is 8.59. The van der Waals surface area contributed by atoms with E-state index in [0.29, 0.717) is 29.6 Å². The van der Waals surface area contributed by atoms with E-state index in [9.17, 15) is 9.59 Å². The third-order valence-electron chi connectivity index (χ3n) is 1.66. The van der Waals surface area contributed by atoms with Crippen LogP contribution >= 0.6 is 11.8 Å². The Morgan fingerprint density at radius 1 is 1.73 bits per heavy atom. The Hall–Kier alpha value is -0.510. The quantitative estimate of drug-likeness (QED) is 0.669. The fourth-order valence-electron chi connectivity index (χ4n) is 1.12. The van der Waals surface area contributed by atoms with Gasteiger partial charge in [-0.05, 0) is 6.42 Å².